The number of nitrogens with one attached hydrogen (secondary N) is 1. The normalized spacial score (nSPS) is 12.2. The van der Waals surface area contributed by atoms with Crippen LogP contribution in [0, 0.1) is 10.1 Å². The molecule has 0 aliphatic heterocycles. The van der Waals surface area contributed by atoms with Crippen LogP contribution in [0.4, 0.5) is 11.5 Å². The molecule has 2 N–H and O–H groups in total. The summed E-state index contributed by atoms with van der Waals surface area (Å²) in [5.74, 6) is 0.00972. The lowest BCUT2D eigenvalue weighted by Crippen LogP contribution is -2.27. The summed E-state index contributed by atoms with van der Waals surface area (Å²) >= 11 is 5.65. The number of methoxy groups -OCH3 is 1. The third-order valence-electron chi connectivity index (χ3n) is 2.15. The number of rotatable bonds is 7. The van der Waals surface area contributed by atoms with E-state index in [-0.39, 0.29) is 30.2 Å². The van der Waals surface area contributed by atoms with Gasteiger partial charge in [-0.1, -0.05) is 11.6 Å². The van der Waals surface area contributed by atoms with E-state index in [9.17, 15) is 10.1 Å². The van der Waals surface area contributed by atoms with Gasteiger partial charge in [0.15, 0.2) is 0 Å². The Hall–Kier alpha value is -1.51. The number of hydrogen-bond donors (Lipinski definition) is 2. The second kappa shape index (κ2) is 7.04. The largest absolute Gasteiger partial charge is 0.396 e. The zero-order valence-corrected chi connectivity index (χ0v) is 10.4. The van der Waals surface area contributed by atoms with Gasteiger partial charge in [0.25, 0.3) is 0 Å². The maximum Gasteiger partial charge on any atom is 0.348 e. The van der Waals surface area contributed by atoms with Crippen LogP contribution in [0.25, 0.3) is 0 Å². The Labute approximate surface area is 108 Å². The average Bonchev–Trinajstić information content (AvgIpc) is 2.29. The lowest BCUT2D eigenvalue weighted by molar-refractivity contribution is -0.384. The summed E-state index contributed by atoms with van der Waals surface area (Å²) in [6.45, 7) is 0.201. The molecule has 18 heavy (non-hydrogen) atoms. The smallest absolute Gasteiger partial charge is 0.348 e. The summed E-state index contributed by atoms with van der Waals surface area (Å²) in [7, 11) is 1.49. The van der Waals surface area contributed by atoms with Gasteiger partial charge in [-0.3, -0.25) is 10.1 Å². The van der Waals surface area contributed by atoms with Crippen LogP contribution in [0.15, 0.2) is 6.33 Å². The van der Waals surface area contributed by atoms with Gasteiger partial charge >= 0.3 is 5.69 Å². The van der Waals surface area contributed by atoms with Crippen molar-refractivity contribution in [3.63, 3.8) is 0 Å². The number of aromatic nitrogens is 2. The van der Waals surface area contributed by atoms with Crippen LogP contribution in [0.5, 0.6) is 0 Å². The van der Waals surface area contributed by atoms with Gasteiger partial charge in [-0.2, -0.15) is 0 Å². The summed E-state index contributed by atoms with van der Waals surface area (Å²) in [5.41, 5.74) is -0.391. The van der Waals surface area contributed by atoms with E-state index in [1.807, 2.05) is 0 Å². The van der Waals surface area contributed by atoms with Gasteiger partial charge in [-0.25, -0.2) is 9.97 Å². The van der Waals surface area contributed by atoms with Crippen LogP contribution in [-0.4, -0.2) is 46.4 Å². The fourth-order valence-electron chi connectivity index (χ4n) is 1.37. The molecule has 0 aromatic carbocycles. The quantitative estimate of drug-likeness (QED) is 0.431. The molecular weight excluding hydrogens is 264 g/mol. The van der Waals surface area contributed by atoms with E-state index in [4.69, 9.17) is 21.4 Å². The third-order valence-corrected chi connectivity index (χ3v) is 2.42. The second-order valence-corrected chi connectivity index (χ2v) is 3.79. The van der Waals surface area contributed by atoms with Crippen molar-refractivity contribution in [1.29, 1.82) is 0 Å². The van der Waals surface area contributed by atoms with Crippen molar-refractivity contribution >= 4 is 23.1 Å². The standard InChI is InChI=1S/C9H13ClN4O4/c1-18-4-6(2-3-15)13-9-7(14(16)17)8(10)11-5-12-9/h5-6,15H,2-4H2,1H3,(H,11,12,13). The fraction of sp³-hybridized carbons (Fsp3) is 0.556. The molecule has 0 bridgehead atoms. The van der Waals surface area contributed by atoms with E-state index >= 15 is 0 Å². The number of anilines is 1. The summed E-state index contributed by atoms with van der Waals surface area (Å²) in [6.07, 6.45) is 1.49. The van der Waals surface area contributed by atoms with Crippen molar-refractivity contribution in [2.75, 3.05) is 25.6 Å². The summed E-state index contributed by atoms with van der Waals surface area (Å²) in [6, 6.07) is -0.301. The molecule has 8 nitrogen and oxygen atoms in total. The van der Waals surface area contributed by atoms with E-state index < -0.39 is 10.6 Å². The maximum absolute atomic E-state index is 10.9. The van der Waals surface area contributed by atoms with Crippen LogP contribution in [-0.2, 0) is 4.74 Å². The van der Waals surface area contributed by atoms with Crippen molar-refractivity contribution in [1.82, 2.24) is 9.97 Å². The van der Waals surface area contributed by atoms with Crippen molar-refractivity contribution in [3.8, 4) is 0 Å². The molecule has 0 saturated carbocycles. The number of nitrogens with zero attached hydrogens (tertiary/aromatic N) is 3. The fourth-order valence-corrected chi connectivity index (χ4v) is 1.57. The second-order valence-electron chi connectivity index (χ2n) is 3.43. The first-order valence-corrected chi connectivity index (χ1v) is 5.49. The molecule has 1 heterocycles. The lowest BCUT2D eigenvalue weighted by Gasteiger charge is -2.17. The molecular formula is C9H13ClN4O4. The number of ether oxygens (including phenoxy) is 1. The Morgan fingerprint density at radius 3 is 2.94 bits per heavy atom. The number of halogens is 1. The number of hydrogen-bond acceptors (Lipinski definition) is 7. The Morgan fingerprint density at radius 2 is 2.39 bits per heavy atom. The van der Waals surface area contributed by atoms with Gasteiger partial charge in [0.2, 0.25) is 11.0 Å². The van der Waals surface area contributed by atoms with Gasteiger partial charge in [0, 0.05) is 13.7 Å². The zero-order chi connectivity index (χ0) is 13.5. The average molecular weight is 277 g/mol. The molecule has 1 aromatic rings. The van der Waals surface area contributed by atoms with Crippen molar-refractivity contribution in [2.45, 2.75) is 12.5 Å². The predicted octanol–water partition coefficient (Wildman–Crippen LogP) is 0.847. The minimum Gasteiger partial charge on any atom is -0.396 e. The number of aliphatic hydroxyl groups excluding tert-OH is 1. The topological polar surface area (TPSA) is 110 Å². The van der Waals surface area contributed by atoms with Gasteiger partial charge in [-0.05, 0) is 6.42 Å². The molecule has 0 aliphatic carbocycles. The van der Waals surface area contributed by atoms with Crippen LogP contribution >= 0.6 is 11.6 Å². The molecule has 0 saturated heterocycles. The van der Waals surface area contributed by atoms with Crippen molar-refractivity contribution < 1.29 is 14.8 Å². The van der Waals surface area contributed by atoms with E-state index in [1.54, 1.807) is 0 Å². The first-order chi connectivity index (χ1) is 8.60. The molecule has 0 aliphatic rings. The molecule has 1 atom stereocenters. The number of aliphatic hydroxyl groups is 1. The van der Waals surface area contributed by atoms with Crippen molar-refractivity contribution in [2.24, 2.45) is 0 Å². The molecule has 0 spiro atoms. The molecule has 100 valence electrons. The minimum atomic E-state index is -0.659. The highest BCUT2D eigenvalue weighted by Crippen LogP contribution is 2.28. The molecule has 1 rings (SSSR count). The van der Waals surface area contributed by atoms with Crippen molar-refractivity contribution in [3.05, 3.63) is 21.6 Å². The summed E-state index contributed by atoms with van der Waals surface area (Å²) < 4.78 is 4.94. The van der Waals surface area contributed by atoms with Gasteiger partial charge in [0.05, 0.1) is 17.6 Å². The highest BCUT2D eigenvalue weighted by atomic mass is 35.5. The van der Waals surface area contributed by atoms with Crippen LogP contribution in [0.1, 0.15) is 6.42 Å². The molecule has 0 fully saturated rings. The Kier molecular flexibility index (Phi) is 5.69. The van der Waals surface area contributed by atoms with Crippen LogP contribution in [0.3, 0.4) is 0 Å². The monoisotopic (exact) mass is 276 g/mol. The van der Waals surface area contributed by atoms with Crippen LogP contribution < -0.4 is 5.32 Å². The lowest BCUT2D eigenvalue weighted by atomic mass is 10.2. The summed E-state index contributed by atoms with van der Waals surface area (Å²) in [4.78, 5) is 17.5. The maximum atomic E-state index is 10.9. The highest BCUT2D eigenvalue weighted by Gasteiger charge is 2.23. The zero-order valence-electron chi connectivity index (χ0n) is 9.67. The molecule has 9 heteroatoms. The molecule has 0 radical (unpaired) electrons. The molecule has 1 unspecified atom stereocenters. The van der Waals surface area contributed by atoms with Gasteiger partial charge < -0.3 is 15.2 Å². The SMILES string of the molecule is COCC(CCO)Nc1ncnc(Cl)c1[N+](=O)[O-]. The van der Waals surface area contributed by atoms with E-state index in [0.717, 1.165) is 6.33 Å². The van der Waals surface area contributed by atoms with Gasteiger partial charge in [0.1, 0.15) is 6.33 Å². The van der Waals surface area contributed by atoms with Crippen LogP contribution in [0.2, 0.25) is 5.15 Å². The third kappa shape index (κ3) is 3.76. The highest BCUT2D eigenvalue weighted by molar-refractivity contribution is 6.31. The Morgan fingerprint density at radius 1 is 1.67 bits per heavy atom. The van der Waals surface area contributed by atoms with E-state index in [2.05, 4.69) is 15.3 Å². The summed E-state index contributed by atoms with van der Waals surface area (Å²) in [5, 5.41) is 22.3. The predicted molar refractivity (Wildman–Crippen MR) is 64.7 cm³/mol. The minimum absolute atomic E-state index is 0.00972. The first-order valence-electron chi connectivity index (χ1n) is 5.11. The van der Waals surface area contributed by atoms with E-state index in [0.29, 0.717) is 6.42 Å². The Bertz CT molecular complexity index is 412. The Balaban J connectivity index is 2.94. The molecule has 0 amide bonds. The first kappa shape index (κ1) is 14.6. The van der Waals surface area contributed by atoms with Gasteiger partial charge in [-0.15, -0.1) is 0 Å². The number of nitro groups is 1. The molecule has 1 aromatic heterocycles. The van der Waals surface area contributed by atoms with E-state index in [1.165, 1.54) is 7.11 Å².